The number of nitrogens with zero attached hydrogens (tertiary/aromatic N) is 1. The Hall–Kier alpha value is -0.820. The lowest BCUT2D eigenvalue weighted by molar-refractivity contribution is 0.317. The van der Waals surface area contributed by atoms with Crippen LogP contribution in [-0.4, -0.2) is 38.5 Å². The molecule has 1 aromatic rings. The average Bonchev–Trinajstić information content (AvgIpc) is 2.84. The van der Waals surface area contributed by atoms with Crippen LogP contribution in [0.1, 0.15) is 19.8 Å². The lowest BCUT2D eigenvalue weighted by Gasteiger charge is -2.16. The van der Waals surface area contributed by atoms with E-state index < -0.39 is 10.0 Å². The van der Waals surface area contributed by atoms with Crippen molar-refractivity contribution in [1.29, 1.82) is 0 Å². The van der Waals surface area contributed by atoms with Gasteiger partial charge in [0.1, 0.15) is 5.75 Å². The average molecular weight is 321 g/mol. The van der Waals surface area contributed by atoms with E-state index in [9.17, 15) is 8.42 Å². The van der Waals surface area contributed by atoms with E-state index >= 15 is 0 Å². The number of hydrogen-bond donors (Lipinski definition) is 1. The summed E-state index contributed by atoms with van der Waals surface area (Å²) < 4.78 is 31.6. The number of hydrogen-bond acceptors (Lipinski definition) is 4. The first-order valence-corrected chi connectivity index (χ1v) is 7.96. The highest BCUT2D eigenvalue weighted by Gasteiger charge is 2.30. The molecule has 2 N–H and O–H groups in total. The molecule has 2 rings (SSSR count). The first-order chi connectivity index (χ1) is 9.04. The normalized spacial score (nSPS) is 19.6. The SMILES string of the molecule is CCCOc1ccc(S(=O)(=O)N2CCC(N)C2)cc1.Cl. The van der Waals surface area contributed by atoms with Gasteiger partial charge in [0.05, 0.1) is 11.5 Å². The second-order valence-corrected chi connectivity index (χ2v) is 6.67. The third-order valence-corrected chi connectivity index (χ3v) is 5.00. The van der Waals surface area contributed by atoms with Crippen LogP contribution in [-0.2, 0) is 10.0 Å². The molecule has 1 aliphatic heterocycles. The van der Waals surface area contributed by atoms with Crippen LogP contribution in [0.2, 0.25) is 0 Å². The highest BCUT2D eigenvalue weighted by Crippen LogP contribution is 2.22. The van der Waals surface area contributed by atoms with Crippen LogP contribution in [0.5, 0.6) is 5.75 Å². The molecule has 0 amide bonds. The summed E-state index contributed by atoms with van der Waals surface area (Å²) in [6, 6.07) is 6.51. The van der Waals surface area contributed by atoms with Crippen LogP contribution >= 0.6 is 12.4 Å². The molecule has 1 unspecified atom stereocenters. The second kappa shape index (κ2) is 7.26. The van der Waals surface area contributed by atoms with Crippen molar-refractivity contribution in [3.63, 3.8) is 0 Å². The Morgan fingerprint density at radius 3 is 2.50 bits per heavy atom. The van der Waals surface area contributed by atoms with Crippen molar-refractivity contribution in [3.05, 3.63) is 24.3 Å². The molecule has 5 nitrogen and oxygen atoms in total. The quantitative estimate of drug-likeness (QED) is 0.894. The Bertz CT molecular complexity index is 519. The largest absolute Gasteiger partial charge is 0.494 e. The van der Waals surface area contributed by atoms with E-state index in [1.807, 2.05) is 6.92 Å². The number of ether oxygens (including phenoxy) is 1. The van der Waals surface area contributed by atoms with Gasteiger partial charge in [0.25, 0.3) is 0 Å². The smallest absolute Gasteiger partial charge is 0.243 e. The Morgan fingerprint density at radius 1 is 1.35 bits per heavy atom. The Morgan fingerprint density at radius 2 is 2.00 bits per heavy atom. The Balaban J connectivity index is 0.00000200. The predicted octanol–water partition coefficient (Wildman–Crippen LogP) is 1.62. The zero-order valence-electron chi connectivity index (χ0n) is 11.5. The summed E-state index contributed by atoms with van der Waals surface area (Å²) in [7, 11) is -3.41. The highest BCUT2D eigenvalue weighted by molar-refractivity contribution is 7.89. The van der Waals surface area contributed by atoms with Gasteiger partial charge in [0.15, 0.2) is 0 Å². The van der Waals surface area contributed by atoms with Crippen LogP contribution in [0.3, 0.4) is 0 Å². The molecular weight excluding hydrogens is 300 g/mol. The zero-order valence-corrected chi connectivity index (χ0v) is 13.1. The molecule has 1 atom stereocenters. The van der Waals surface area contributed by atoms with E-state index in [2.05, 4.69) is 0 Å². The number of halogens is 1. The molecule has 1 aliphatic rings. The van der Waals surface area contributed by atoms with E-state index in [1.54, 1.807) is 24.3 Å². The molecule has 114 valence electrons. The van der Waals surface area contributed by atoms with Gasteiger partial charge in [-0.2, -0.15) is 4.31 Å². The van der Waals surface area contributed by atoms with Crippen LogP contribution in [0.15, 0.2) is 29.2 Å². The lowest BCUT2D eigenvalue weighted by Crippen LogP contribution is -2.31. The third kappa shape index (κ3) is 3.85. The summed E-state index contributed by atoms with van der Waals surface area (Å²) in [5.41, 5.74) is 5.75. The van der Waals surface area contributed by atoms with Crippen LogP contribution in [0, 0.1) is 0 Å². The van der Waals surface area contributed by atoms with E-state index in [-0.39, 0.29) is 18.4 Å². The molecule has 0 radical (unpaired) electrons. The van der Waals surface area contributed by atoms with E-state index in [4.69, 9.17) is 10.5 Å². The Kier molecular flexibility index (Phi) is 6.26. The number of nitrogens with two attached hydrogens (primary N) is 1. The minimum absolute atomic E-state index is 0. The van der Waals surface area contributed by atoms with E-state index in [1.165, 1.54) is 4.31 Å². The number of sulfonamides is 1. The number of rotatable bonds is 5. The molecule has 0 aliphatic carbocycles. The van der Waals surface area contributed by atoms with E-state index in [0.717, 1.165) is 12.8 Å². The van der Waals surface area contributed by atoms with Gasteiger partial charge in [-0.15, -0.1) is 12.4 Å². The fraction of sp³-hybridized carbons (Fsp3) is 0.538. The summed E-state index contributed by atoms with van der Waals surface area (Å²) in [5, 5.41) is 0. The van der Waals surface area contributed by atoms with Crippen molar-refractivity contribution >= 4 is 22.4 Å². The molecular formula is C13H21ClN2O3S. The lowest BCUT2D eigenvalue weighted by atomic mass is 10.3. The molecule has 1 saturated heterocycles. The topological polar surface area (TPSA) is 72.6 Å². The first kappa shape index (κ1) is 17.2. The fourth-order valence-electron chi connectivity index (χ4n) is 2.05. The van der Waals surface area contributed by atoms with Crippen LogP contribution in [0.25, 0.3) is 0 Å². The summed E-state index contributed by atoms with van der Waals surface area (Å²) in [6.45, 7) is 3.55. The summed E-state index contributed by atoms with van der Waals surface area (Å²) in [6.07, 6.45) is 1.64. The maximum atomic E-state index is 12.3. The van der Waals surface area contributed by atoms with Gasteiger partial charge in [0.2, 0.25) is 10.0 Å². The van der Waals surface area contributed by atoms with Crippen molar-refractivity contribution in [1.82, 2.24) is 4.31 Å². The van der Waals surface area contributed by atoms with Gasteiger partial charge < -0.3 is 10.5 Å². The highest BCUT2D eigenvalue weighted by atomic mass is 35.5. The van der Waals surface area contributed by atoms with Crippen LogP contribution < -0.4 is 10.5 Å². The standard InChI is InChI=1S/C13H20N2O3S.ClH/c1-2-9-18-12-3-5-13(6-4-12)19(16,17)15-8-7-11(14)10-15;/h3-6,11H,2,7-10,14H2,1H3;1H. The molecule has 1 fully saturated rings. The molecule has 0 saturated carbocycles. The van der Waals surface area contributed by atoms with Gasteiger partial charge >= 0.3 is 0 Å². The molecule has 1 aromatic carbocycles. The van der Waals surface area contributed by atoms with E-state index in [0.29, 0.717) is 30.3 Å². The molecule has 0 aromatic heterocycles. The summed E-state index contributed by atoms with van der Waals surface area (Å²) in [5.74, 6) is 0.693. The van der Waals surface area contributed by atoms with Crippen molar-refractivity contribution < 1.29 is 13.2 Å². The maximum Gasteiger partial charge on any atom is 0.243 e. The summed E-state index contributed by atoms with van der Waals surface area (Å²) in [4.78, 5) is 0.297. The van der Waals surface area contributed by atoms with Gasteiger partial charge in [-0.1, -0.05) is 6.92 Å². The number of benzene rings is 1. The summed E-state index contributed by atoms with van der Waals surface area (Å²) >= 11 is 0. The fourth-order valence-corrected chi connectivity index (χ4v) is 3.56. The molecule has 0 spiro atoms. The van der Waals surface area contributed by atoms with Gasteiger partial charge in [-0.3, -0.25) is 0 Å². The van der Waals surface area contributed by atoms with Crippen molar-refractivity contribution in [2.24, 2.45) is 5.73 Å². The molecule has 20 heavy (non-hydrogen) atoms. The predicted molar refractivity (Wildman–Crippen MR) is 80.8 cm³/mol. The Labute approximate surface area is 126 Å². The minimum Gasteiger partial charge on any atom is -0.494 e. The van der Waals surface area contributed by atoms with Crippen LogP contribution in [0.4, 0.5) is 0 Å². The van der Waals surface area contributed by atoms with Gasteiger partial charge in [-0.25, -0.2) is 8.42 Å². The monoisotopic (exact) mass is 320 g/mol. The zero-order chi connectivity index (χ0) is 13.9. The third-order valence-electron chi connectivity index (χ3n) is 3.12. The first-order valence-electron chi connectivity index (χ1n) is 6.52. The molecule has 0 bridgehead atoms. The second-order valence-electron chi connectivity index (χ2n) is 4.73. The van der Waals surface area contributed by atoms with Crippen molar-refractivity contribution in [3.8, 4) is 5.75 Å². The van der Waals surface area contributed by atoms with Crippen molar-refractivity contribution in [2.45, 2.75) is 30.7 Å². The molecule has 7 heteroatoms. The maximum absolute atomic E-state index is 12.3. The molecule has 1 heterocycles. The van der Waals surface area contributed by atoms with Gasteiger partial charge in [-0.05, 0) is 37.1 Å². The minimum atomic E-state index is -3.41. The van der Waals surface area contributed by atoms with Crippen molar-refractivity contribution in [2.75, 3.05) is 19.7 Å². The van der Waals surface area contributed by atoms with Gasteiger partial charge in [0, 0.05) is 19.1 Å².